The molecule has 106 valence electrons. The van der Waals surface area contributed by atoms with Crippen LogP contribution in [0.15, 0.2) is 27.8 Å². The Morgan fingerprint density at radius 2 is 2.37 bits per heavy atom. The normalized spacial score (nSPS) is 25.1. The van der Waals surface area contributed by atoms with Crippen molar-refractivity contribution in [2.75, 3.05) is 26.7 Å². The number of hydrogen-bond donors (Lipinski definition) is 1. The van der Waals surface area contributed by atoms with Gasteiger partial charge < -0.3 is 10.2 Å². The zero-order valence-corrected chi connectivity index (χ0v) is 12.4. The lowest BCUT2D eigenvalue weighted by atomic mass is 10.1. The number of amidine groups is 2. The molecule has 1 rings (SSSR count). The quantitative estimate of drug-likeness (QED) is 0.621. The maximum Gasteiger partial charge on any atom is 0.114 e. The molecule has 0 fully saturated rings. The van der Waals surface area contributed by atoms with Gasteiger partial charge in [0.05, 0.1) is 12.5 Å². The van der Waals surface area contributed by atoms with Crippen LogP contribution in [0.4, 0.5) is 0 Å². The van der Waals surface area contributed by atoms with Crippen molar-refractivity contribution in [1.29, 1.82) is 0 Å². The molecule has 0 spiro atoms. The topological polar surface area (TPSA) is 52.4 Å². The predicted octanol–water partition coefficient (Wildman–Crippen LogP) is 1.58. The fraction of sp³-hybridized carbons (Fsp3) is 0.643. The minimum atomic E-state index is 0.185. The molecular formula is C14H25N5. The number of rotatable bonds is 3. The zero-order valence-electron chi connectivity index (χ0n) is 12.4. The fourth-order valence-electron chi connectivity index (χ4n) is 2.19. The van der Waals surface area contributed by atoms with Gasteiger partial charge in [-0.15, -0.1) is 0 Å². The first-order chi connectivity index (χ1) is 9.13. The summed E-state index contributed by atoms with van der Waals surface area (Å²) < 4.78 is 0. The highest BCUT2D eigenvalue weighted by Gasteiger charge is 2.22. The molecular weight excluding hydrogens is 238 g/mol. The maximum atomic E-state index is 4.47. The Balaban J connectivity index is 2.92. The smallest absolute Gasteiger partial charge is 0.114 e. The number of nitrogens with zero attached hydrogens (tertiary/aromatic N) is 4. The molecule has 2 unspecified atom stereocenters. The molecule has 2 atom stereocenters. The minimum absolute atomic E-state index is 0.185. The molecule has 0 radical (unpaired) electrons. The molecule has 0 aliphatic carbocycles. The van der Waals surface area contributed by atoms with E-state index in [0.29, 0.717) is 6.04 Å². The van der Waals surface area contributed by atoms with Crippen LogP contribution >= 0.6 is 0 Å². The van der Waals surface area contributed by atoms with E-state index in [9.17, 15) is 0 Å². The molecule has 0 amide bonds. The van der Waals surface area contributed by atoms with Gasteiger partial charge in [0.1, 0.15) is 11.7 Å². The van der Waals surface area contributed by atoms with Crippen molar-refractivity contribution in [3.05, 3.63) is 12.8 Å². The van der Waals surface area contributed by atoms with Crippen molar-refractivity contribution >= 4 is 17.9 Å². The van der Waals surface area contributed by atoms with E-state index < -0.39 is 0 Å². The van der Waals surface area contributed by atoms with Gasteiger partial charge in [0.2, 0.25) is 0 Å². The third kappa shape index (κ3) is 4.28. The van der Waals surface area contributed by atoms with Crippen LogP contribution in [-0.4, -0.2) is 55.5 Å². The fourth-order valence-corrected chi connectivity index (χ4v) is 2.19. The van der Waals surface area contributed by atoms with Crippen molar-refractivity contribution in [2.45, 2.75) is 26.8 Å². The Morgan fingerprint density at radius 1 is 1.63 bits per heavy atom. The highest BCUT2D eigenvalue weighted by molar-refractivity contribution is 6.06. The summed E-state index contributed by atoms with van der Waals surface area (Å²) in [7, 11) is 1.82. The van der Waals surface area contributed by atoms with E-state index in [1.54, 1.807) is 6.20 Å². The molecule has 0 aromatic rings. The average molecular weight is 263 g/mol. The highest BCUT2D eigenvalue weighted by Crippen LogP contribution is 2.08. The Bertz CT molecular complexity index is 383. The van der Waals surface area contributed by atoms with Crippen LogP contribution in [0.5, 0.6) is 0 Å². The van der Waals surface area contributed by atoms with Crippen molar-refractivity contribution < 1.29 is 0 Å². The van der Waals surface area contributed by atoms with Gasteiger partial charge in [0.15, 0.2) is 0 Å². The zero-order chi connectivity index (χ0) is 14.3. The van der Waals surface area contributed by atoms with Gasteiger partial charge in [-0.05, 0) is 20.8 Å². The third-order valence-electron chi connectivity index (χ3n) is 3.17. The molecule has 1 heterocycles. The second-order valence-electron chi connectivity index (χ2n) is 4.61. The molecule has 5 nitrogen and oxygen atoms in total. The van der Waals surface area contributed by atoms with Gasteiger partial charge in [-0.3, -0.25) is 9.98 Å². The first kappa shape index (κ1) is 15.6. The van der Waals surface area contributed by atoms with Crippen molar-refractivity contribution in [2.24, 2.45) is 20.9 Å². The van der Waals surface area contributed by atoms with Gasteiger partial charge in [-0.25, -0.2) is 4.99 Å². The van der Waals surface area contributed by atoms with E-state index in [1.807, 2.05) is 20.2 Å². The van der Waals surface area contributed by atoms with Crippen molar-refractivity contribution in [3.8, 4) is 0 Å². The lowest BCUT2D eigenvalue weighted by Gasteiger charge is -2.28. The van der Waals surface area contributed by atoms with Gasteiger partial charge >= 0.3 is 0 Å². The minimum Gasteiger partial charge on any atom is -0.318 e. The summed E-state index contributed by atoms with van der Waals surface area (Å²) in [5.41, 5.74) is 0. The van der Waals surface area contributed by atoms with Crippen molar-refractivity contribution in [3.63, 3.8) is 0 Å². The summed E-state index contributed by atoms with van der Waals surface area (Å²) in [5.74, 6) is 2.09. The Hall–Kier alpha value is -1.49. The molecule has 0 bridgehead atoms. The molecule has 0 aromatic heterocycles. The van der Waals surface area contributed by atoms with Crippen molar-refractivity contribution in [1.82, 2.24) is 10.2 Å². The second-order valence-corrected chi connectivity index (χ2v) is 4.61. The van der Waals surface area contributed by atoms with E-state index >= 15 is 0 Å². The van der Waals surface area contributed by atoms with E-state index in [4.69, 9.17) is 0 Å². The largest absolute Gasteiger partial charge is 0.318 e. The lowest BCUT2D eigenvalue weighted by molar-refractivity contribution is 0.542. The van der Waals surface area contributed by atoms with Crippen LogP contribution in [0.2, 0.25) is 0 Å². The number of hydrogen-bond acceptors (Lipinski definition) is 4. The Kier molecular flexibility index (Phi) is 6.42. The monoisotopic (exact) mass is 263 g/mol. The molecule has 1 N–H and O–H groups in total. The van der Waals surface area contributed by atoms with E-state index in [2.05, 4.69) is 45.6 Å². The standard InChI is InChI=1S/C14H25N5/c1-6-17-12(4)19(7-2)14(15-5)13-9-16-8-11(3)18-10-13/h6,9,11,13,18H,1,7-8,10H2,2-5H3. The highest BCUT2D eigenvalue weighted by atomic mass is 15.2. The summed E-state index contributed by atoms with van der Waals surface area (Å²) in [6.45, 7) is 12.4. The van der Waals surface area contributed by atoms with Crippen LogP contribution in [-0.2, 0) is 0 Å². The predicted molar refractivity (Wildman–Crippen MR) is 83.4 cm³/mol. The average Bonchev–Trinajstić information content (AvgIpc) is 2.61. The van der Waals surface area contributed by atoms with Gasteiger partial charge in [-0.1, -0.05) is 6.58 Å². The van der Waals surface area contributed by atoms with Crippen LogP contribution < -0.4 is 5.32 Å². The molecule has 0 saturated carbocycles. The molecule has 0 saturated heterocycles. The summed E-state index contributed by atoms with van der Waals surface area (Å²) in [5, 5.41) is 3.47. The molecule has 5 heteroatoms. The first-order valence-electron chi connectivity index (χ1n) is 6.76. The summed E-state index contributed by atoms with van der Waals surface area (Å²) in [6.07, 6.45) is 3.56. The van der Waals surface area contributed by atoms with E-state index in [-0.39, 0.29) is 5.92 Å². The number of nitrogens with one attached hydrogen (secondary N) is 1. The second kappa shape index (κ2) is 7.84. The van der Waals surface area contributed by atoms with E-state index in [1.165, 1.54) is 0 Å². The molecule has 19 heavy (non-hydrogen) atoms. The van der Waals surface area contributed by atoms with Gasteiger partial charge in [-0.2, -0.15) is 0 Å². The Morgan fingerprint density at radius 3 is 2.95 bits per heavy atom. The summed E-state index contributed by atoms with van der Waals surface area (Å²) in [4.78, 5) is 15.3. The molecule has 0 aromatic carbocycles. The Labute approximate surface area is 116 Å². The van der Waals surface area contributed by atoms with Gasteiger partial charge in [0, 0.05) is 38.6 Å². The molecule has 1 aliphatic heterocycles. The first-order valence-corrected chi connectivity index (χ1v) is 6.76. The number of aliphatic imine (C=N–C) groups is 3. The van der Waals surface area contributed by atoms with Crippen LogP contribution in [0.25, 0.3) is 0 Å². The van der Waals surface area contributed by atoms with Gasteiger partial charge in [0.25, 0.3) is 0 Å². The summed E-state index contributed by atoms with van der Waals surface area (Å²) in [6, 6.07) is 0.414. The van der Waals surface area contributed by atoms with Crippen LogP contribution in [0, 0.1) is 5.92 Å². The van der Waals surface area contributed by atoms with Crippen LogP contribution in [0.3, 0.4) is 0 Å². The van der Waals surface area contributed by atoms with E-state index in [0.717, 1.165) is 31.3 Å². The SMILES string of the molecule is C=CN=C(C)N(CC)C(=NC)C1C=NCC(C)NC1. The molecule has 1 aliphatic rings. The lowest BCUT2D eigenvalue weighted by Crippen LogP contribution is -2.44. The summed E-state index contributed by atoms with van der Waals surface area (Å²) >= 11 is 0. The maximum absolute atomic E-state index is 4.47. The van der Waals surface area contributed by atoms with Crippen LogP contribution in [0.1, 0.15) is 20.8 Å². The third-order valence-corrected chi connectivity index (χ3v) is 3.17.